The molecule has 0 fully saturated rings. The Morgan fingerprint density at radius 2 is 1.41 bits per heavy atom. The van der Waals surface area contributed by atoms with Crippen molar-refractivity contribution in [3.63, 3.8) is 0 Å². The van der Waals surface area contributed by atoms with E-state index in [9.17, 15) is 26.3 Å². The fraction of sp³-hybridized carbons (Fsp3) is 0.167. The fourth-order valence-corrected chi connectivity index (χ4v) is 1.45. The maximum atomic E-state index is 11.8. The lowest BCUT2D eigenvalue weighted by atomic mass is 10.3. The maximum Gasteiger partial charge on any atom is 0.433 e. The Hall–Kier alpha value is -1.54. The highest BCUT2D eigenvalue weighted by atomic mass is 35.5. The molecule has 0 spiro atoms. The van der Waals surface area contributed by atoms with Gasteiger partial charge in [-0.25, -0.2) is 4.98 Å². The minimum Gasteiger partial charge on any atom is -0.252 e. The number of nitrogens with zero attached hydrogens (tertiary/aromatic N) is 2. The molecule has 0 radical (unpaired) electrons. The second kappa shape index (κ2) is 7.15. The highest BCUT2D eigenvalue weighted by Gasteiger charge is 2.32. The van der Waals surface area contributed by atoms with Gasteiger partial charge < -0.3 is 0 Å². The van der Waals surface area contributed by atoms with Crippen LogP contribution in [0, 0.1) is 0 Å². The third-order valence-corrected chi connectivity index (χ3v) is 2.46. The summed E-state index contributed by atoms with van der Waals surface area (Å²) < 4.78 is 71.1. The number of halogens is 8. The Labute approximate surface area is 130 Å². The van der Waals surface area contributed by atoms with E-state index >= 15 is 0 Å². The number of alkyl halides is 6. The summed E-state index contributed by atoms with van der Waals surface area (Å²) in [5.41, 5.74) is -1.94. The van der Waals surface area contributed by atoms with Crippen molar-refractivity contribution >= 4 is 23.2 Å². The molecule has 2 nitrogen and oxygen atoms in total. The molecule has 2 rings (SSSR count). The molecule has 2 heterocycles. The van der Waals surface area contributed by atoms with E-state index in [0.717, 1.165) is 18.3 Å². The lowest BCUT2D eigenvalue weighted by Crippen LogP contribution is -2.07. The Bertz CT molecular complexity index is 572. The smallest absolute Gasteiger partial charge is 0.252 e. The zero-order valence-corrected chi connectivity index (χ0v) is 11.9. The van der Waals surface area contributed by atoms with Gasteiger partial charge in [-0.2, -0.15) is 26.3 Å². The topological polar surface area (TPSA) is 25.8 Å². The molecule has 0 atom stereocenters. The van der Waals surface area contributed by atoms with Gasteiger partial charge in [-0.1, -0.05) is 29.3 Å². The molecule has 0 saturated heterocycles. The summed E-state index contributed by atoms with van der Waals surface area (Å²) in [6, 6.07) is 5.43. The van der Waals surface area contributed by atoms with E-state index in [-0.39, 0.29) is 10.2 Å². The van der Waals surface area contributed by atoms with Crippen molar-refractivity contribution < 1.29 is 26.3 Å². The zero-order chi connectivity index (χ0) is 17.0. The zero-order valence-electron chi connectivity index (χ0n) is 10.4. The van der Waals surface area contributed by atoms with Crippen LogP contribution in [-0.4, -0.2) is 9.97 Å². The minimum atomic E-state index is -4.41. The van der Waals surface area contributed by atoms with Crippen molar-refractivity contribution in [3.8, 4) is 0 Å². The quantitative estimate of drug-likeness (QED) is 0.456. The van der Waals surface area contributed by atoms with Crippen LogP contribution in [0.3, 0.4) is 0 Å². The summed E-state index contributed by atoms with van der Waals surface area (Å²) in [7, 11) is 0. The number of hydrogen-bond donors (Lipinski definition) is 0. The van der Waals surface area contributed by atoms with Crippen molar-refractivity contribution in [2.24, 2.45) is 0 Å². The van der Waals surface area contributed by atoms with Gasteiger partial charge in [0.25, 0.3) is 0 Å². The van der Waals surface area contributed by atoms with Gasteiger partial charge >= 0.3 is 12.4 Å². The van der Waals surface area contributed by atoms with E-state index in [4.69, 9.17) is 23.2 Å². The number of rotatable bonds is 0. The van der Waals surface area contributed by atoms with Crippen molar-refractivity contribution in [3.05, 3.63) is 58.1 Å². The molecule has 120 valence electrons. The molecular formula is C12H6Cl2F6N2. The fourth-order valence-electron chi connectivity index (χ4n) is 1.13. The molecule has 0 aliphatic rings. The number of pyridine rings is 2. The van der Waals surface area contributed by atoms with E-state index < -0.39 is 23.7 Å². The second-order valence-electron chi connectivity index (χ2n) is 3.70. The van der Waals surface area contributed by atoms with Crippen LogP contribution >= 0.6 is 23.2 Å². The average molecular weight is 363 g/mol. The molecule has 0 N–H and O–H groups in total. The van der Waals surface area contributed by atoms with Crippen LogP contribution < -0.4 is 0 Å². The van der Waals surface area contributed by atoms with Crippen LogP contribution in [-0.2, 0) is 12.4 Å². The Kier molecular flexibility index (Phi) is 6.01. The van der Waals surface area contributed by atoms with E-state index in [1.807, 2.05) is 0 Å². The first-order valence-electron chi connectivity index (χ1n) is 5.38. The highest BCUT2D eigenvalue weighted by molar-refractivity contribution is 6.30. The van der Waals surface area contributed by atoms with Gasteiger partial charge in [-0.05, 0) is 24.3 Å². The third-order valence-electron chi connectivity index (χ3n) is 2.02. The van der Waals surface area contributed by atoms with Crippen molar-refractivity contribution in [1.29, 1.82) is 0 Å². The van der Waals surface area contributed by atoms with Gasteiger partial charge in [0.1, 0.15) is 16.5 Å². The Balaban J connectivity index is 0.000000220. The molecule has 0 unspecified atom stereocenters. The molecular weight excluding hydrogens is 357 g/mol. The van der Waals surface area contributed by atoms with Crippen LogP contribution in [0.1, 0.15) is 11.4 Å². The molecule has 2 aromatic rings. The van der Waals surface area contributed by atoms with E-state index in [0.29, 0.717) is 0 Å². The summed E-state index contributed by atoms with van der Waals surface area (Å²) in [5, 5.41) is -0.118. The SMILES string of the molecule is FC(F)(F)c1cc(Cl)ccn1.FC(F)(F)c1cccc(Cl)n1. The number of aromatic nitrogens is 2. The molecule has 0 aliphatic heterocycles. The normalized spacial score (nSPS) is 11.6. The van der Waals surface area contributed by atoms with Crippen molar-refractivity contribution in [2.45, 2.75) is 12.4 Å². The molecule has 10 heteroatoms. The summed E-state index contributed by atoms with van der Waals surface area (Å²) in [6.45, 7) is 0. The average Bonchev–Trinajstić information content (AvgIpc) is 2.37. The van der Waals surface area contributed by atoms with Crippen LogP contribution in [0.25, 0.3) is 0 Å². The van der Waals surface area contributed by atoms with Crippen LogP contribution in [0.4, 0.5) is 26.3 Å². The molecule has 2 aromatic heterocycles. The maximum absolute atomic E-state index is 11.8. The Morgan fingerprint density at radius 1 is 0.818 bits per heavy atom. The summed E-state index contributed by atoms with van der Waals surface area (Å²) in [6.07, 6.45) is -7.80. The Morgan fingerprint density at radius 3 is 1.77 bits per heavy atom. The van der Waals surface area contributed by atoms with Gasteiger partial charge in [0, 0.05) is 11.2 Å². The van der Waals surface area contributed by atoms with Gasteiger partial charge in [0.15, 0.2) is 0 Å². The minimum absolute atomic E-state index is 0.0346. The van der Waals surface area contributed by atoms with Crippen molar-refractivity contribution in [2.75, 3.05) is 0 Å². The molecule has 0 aliphatic carbocycles. The molecule has 0 bridgehead atoms. The van der Waals surface area contributed by atoms with Crippen LogP contribution in [0.5, 0.6) is 0 Å². The molecule has 0 amide bonds. The van der Waals surface area contributed by atoms with Gasteiger partial charge in [0.05, 0.1) is 0 Å². The van der Waals surface area contributed by atoms with E-state index in [1.165, 1.54) is 18.2 Å². The largest absolute Gasteiger partial charge is 0.433 e. The standard InChI is InChI=1S/2C6H3ClF3N/c7-4-1-2-11-5(3-4)6(8,9)10;7-5-3-1-2-4(11-5)6(8,9)10/h2*1-3H. The van der Waals surface area contributed by atoms with Crippen LogP contribution in [0.2, 0.25) is 10.2 Å². The van der Waals surface area contributed by atoms with Gasteiger partial charge in [-0.3, -0.25) is 4.98 Å². The van der Waals surface area contributed by atoms with Crippen molar-refractivity contribution in [1.82, 2.24) is 9.97 Å². The summed E-state index contributed by atoms with van der Waals surface area (Å²) in [4.78, 5) is 6.19. The molecule has 0 aromatic carbocycles. The second-order valence-corrected chi connectivity index (χ2v) is 4.52. The van der Waals surface area contributed by atoms with Gasteiger partial charge in [-0.15, -0.1) is 0 Å². The molecule has 0 saturated carbocycles. The summed E-state index contributed by atoms with van der Waals surface area (Å²) >= 11 is 10.6. The van der Waals surface area contributed by atoms with Crippen LogP contribution in [0.15, 0.2) is 36.5 Å². The lowest BCUT2D eigenvalue weighted by Gasteiger charge is -2.03. The predicted molar refractivity (Wildman–Crippen MR) is 68.5 cm³/mol. The van der Waals surface area contributed by atoms with E-state index in [2.05, 4.69) is 9.97 Å². The lowest BCUT2D eigenvalue weighted by molar-refractivity contribution is -0.141. The first-order chi connectivity index (χ1) is 10.00. The summed E-state index contributed by atoms with van der Waals surface area (Å²) in [5.74, 6) is 0. The third kappa shape index (κ3) is 6.07. The number of hydrogen-bond acceptors (Lipinski definition) is 2. The van der Waals surface area contributed by atoms with Gasteiger partial charge in [0.2, 0.25) is 0 Å². The first-order valence-corrected chi connectivity index (χ1v) is 6.14. The monoisotopic (exact) mass is 362 g/mol. The molecule has 22 heavy (non-hydrogen) atoms. The predicted octanol–water partition coefficient (Wildman–Crippen LogP) is 5.51. The van der Waals surface area contributed by atoms with E-state index in [1.54, 1.807) is 0 Å². The first kappa shape index (κ1) is 18.5. The highest BCUT2D eigenvalue weighted by Crippen LogP contribution is 2.29.